The fourth-order valence-electron chi connectivity index (χ4n) is 3.95. The van der Waals surface area contributed by atoms with Crippen molar-refractivity contribution in [3.05, 3.63) is 41.9 Å². The van der Waals surface area contributed by atoms with Crippen LogP contribution in [0.1, 0.15) is 35.2 Å². The molecule has 178 valence electrons. The van der Waals surface area contributed by atoms with Crippen LogP contribution in [-0.2, 0) is 5.54 Å². The molecule has 10 nitrogen and oxygen atoms in total. The van der Waals surface area contributed by atoms with Gasteiger partial charge in [-0.25, -0.2) is 9.97 Å². The van der Waals surface area contributed by atoms with Crippen molar-refractivity contribution < 1.29 is 18.0 Å². The number of halogens is 3. The molecule has 1 atom stereocenters. The van der Waals surface area contributed by atoms with Crippen molar-refractivity contribution in [2.45, 2.75) is 44.9 Å². The van der Waals surface area contributed by atoms with Crippen molar-refractivity contribution >= 4 is 11.7 Å². The fraction of sp³-hybridized carbons (Fsp3) is 0.429. The molecule has 0 spiro atoms. The van der Waals surface area contributed by atoms with E-state index in [1.54, 1.807) is 10.9 Å². The molecule has 1 unspecified atom stereocenters. The molecular formula is C21H22F3N9O. The van der Waals surface area contributed by atoms with Crippen molar-refractivity contribution in [1.82, 2.24) is 35.3 Å². The molecule has 1 amide bonds. The first-order valence-electron chi connectivity index (χ1n) is 10.4. The summed E-state index contributed by atoms with van der Waals surface area (Å²) in [4.78, 5) is 22.0. The third-order valence-corrected chi connectivity index (χ3v) is 5.90. The van der Waals surface area contributed by atoms with Crippen LogP contribution in [0.3, 0.4) is 0 Å². The maximum atomic E-state index is 12.7. The van der Waals surface area contributed by atoms with Crippen LogP contribution in [0.5, 0.6) is 0 Å². The Morgan fingerprint density at radius 1 is 1.29 bits per heavy atom. The summed E-state index contributed by atoms with van der Waals surface area (Å²) in [5.74, 6) is -0.511. The van der Waals surface area contributed by atoms with E-state index >= 15 is 0 Å². The van der Waals surface area contributed by atoms with E-state index in [1.807, 2.05) is 30.3 Å². The number of amides is 1. The molecule has 0 radical (unpaired) electrons. The van der Waals surface area contributed by atoms with Crippen molar-refractivity contribution in [2.24, 2.45) is 0 Å². The van der Waals surface area contributed by atoms with Crippen molar-refractivity contribution in [1.29, 1.82) is 5.26 Å². The largest absolute Gasteiger partial charge is 0.408 e. The number of aryl methyl sites for hydroxylation is 2. The lowest BCUT2D eigenvalue weighted by Crippen LogP contribution is -2.63. The standard InChI is InChI=1S/C21H22F3N9O/c1-12-18(13(2)31-30-12)15-6-28-33(9-15)20(4-5-25)10-32(11-20)17-8-26-16(7-27-17)19(34)29-14(3)21(22,23)24/h6-9,14H,4,10-11H2,1-3H3,(H,29,34)(H,30,31). The molecule has 2 N–H and O–H groups in total. The van der Waals surface area contributed by atoms with Gasteiger partial charge in [-0.3, -0.25) is 14.6 Å². The van der Waals surface area contributed by atoms with Gasteiger partial charge < -0.3 is 10.2 Å². The summed E-state index contributed by atoms with van der Waals surface area (Å²) in [7, 11) is 0. The van der Waals surface area contributed by atoms with Crippen LogP contribution in [-0.4, -0.2) is 61.2 Å². The lowest BCUT2D eigenvalue weighted by molar-refractivity contribution is -0.149. The molecule has 3 aromatic heterocycles. The van der Waals surface area contributed by atoms with E-state index in [4.69, 9.17) is 0 Å². The number of carbonyl (C=O) groups excluding carboxylic acids is 1. The molecular weight excluding hydrogens is 451 g/mol. The Morgan fingerprint density at radius 2 is 2.03 bits per heavy atom. The molecule has 0 aliphatic carbocycles. The monoisotopic (exact) mass is 473 g/mol. The zero-order valence-electron chi connectivity index (χ0n) is 18.7. The van der Waals surface area contributed by atoms with E-state index in [-0.39, 0.29) is 12.1 Å². The Morgan fingerprint density at radius 3 is 2.59 bits per heavy atom. The highest BCUT2D eigenvalue weighted by atomic mass is 19.4. The molecule has 1 aliphatic heterocycles. The van der Waals surface area contributed by atoms with Crippen LogP contribution < -0.4 is 10.2 Å². The van der Waals surface area contributed by atoms with Gasteiger partial charge >= 0.3 is 6.18 Å². The maximum Gasteiger partial charge on any atom is 0.408 e. The Labute approximate surface area is 192 Å². The lowest BCUT2D eigenvalue weighted by atomic mass is 9.87. The summed E-state index contributed by atoms with van der Waals surface area (Å²) in [6.45, 7) is 5.53. The number of anilines is 1. The number of H-pyrrole nitrogens is 1. The van der Waals surface area contributed by atoms with Crippen LogP contribution in [0.2, 0.25) is 0 Å². The van der Waals surface area contributed by atoms with Gasteiger partial charge in [-0.15, -0.1) is 0 Å². The maximum absolute atomic E-state index is 12.7. The third kappa shape index (κ3) is 4.18. The number of nitriles is 1. The van der Waals surface area contributed by atoms with Crippen LogP contribution >= 0.6 is 0 Å². The first kappa shape index (κ1) is 23.2. The average Bonchev–Trinajstić information content (AvgIpc) is 3.36. The summed E-state index contributed by atoms with van der Waals surface area (Å²) in [6, 6.07) is 0.213. The number of carbonyl (C=O) groups is 1. The number of nitrogens with zero attached hydrogens (tertiary/aromatic N) is 7. The number of hydrogen-bond acceptors (Lipinski definition) is 7. The smallest absolute Gasteiger partial charge is 0.350 e. The van der Waals surface area contributed by atoms with Crippen molar-refractivity contribution in [3.8, 4) is 17.2 Å². The molecule has 13 heteroatoms. The fourth-order valence-corrected chi connectivity index (χ4v) is 3.95. The summed E-state index contributed by atoms with van der Waals surface area (Å²) in [6.07, 6.45) is 1.76. The first-order chi connectivity index (χ1) is 16.0. The van der Waals surface area contributed by atoms with E-state index < -0.39 is 23.7 Å². The van der Waals surface area contributed by atoms with Crippen molar-refractivity contribution in [3.63, 3.8) is 0 Å². The number of nitrogens with one attached hydrogen (secondary N) is 2. The summed E-state index contributed by atoms with van der Waals surface area (Å²) in [5, 5.41) is 22.9. The summed E-state index contributed by atoms with van der Waals surface area (Å²) >= 11 is 0. The van der Waals surface area contributed by atoms with E-state index in [9.17, 15) is 23.2 Å². The third-order valence-electron chi connectivity index (χ3n) is 5.90. The van der Waals surface area contributed by atoms with Gasteiger partial charge in [0.05, 0.1) is 36.8 Å². The van der Waals surface area contributed by atoms with Gasteiger partial charge in [0, 0.05) is 36.1 Å². The predicted octanol–water partition coefficient (Wildman–Crippen LogP) is 2.49. The first-order valence-corrected chi connectivity index (χ1v) is 10.4. The second-order valence-corrected chi connectivity index (χ2v) is 8.39. The highest BCUT2D eigenvalue weighted by molar-refractivity contribution is 5.92. The highest BCUT2D eigenvalue weighted by Gasteiger charge is 2.46. The second-order valence-electron chi connectivity index (χ2n) is 8.39. The molecule has 0 saturated carbocycles. The van der Waals surface area contributed by atoms with E-state index in [1.165, 1.54) is 6.20 Å². The molecule has 34 heavy (non-hydrogen) atoms. The molecule has 3 aromatic rings. The van der Waals surface area contributed by atoms with Crippen LogP contribution in [0, 0.1) is 25.2 Å². The lowest BCUT2D eigenvalue weighted by Gasteiger charge is -2.49. The molecule has 1 saturated heterocycles. The number of hydrogen-bond donors (Lipinski definition) is 2. The van der Waals surface area contributed by atoms with Crippen LogP contribution in [0.25, 0.3) is 11.1 Å². The average molecular weight is 473 g/mol. The number of alkyl halides is 3. The Balaban J connectivity index is 1.47. The molecule has 4 rings (SSSR count). The topological polar surface area (TPSA) is 128 Å². The minimum atomic E-state index is -4.55. The van der Waals surface area contributed by atoms with Crippen LogP contribution in [0.15, 0.2) is 24.8 Å². The van der Waals surface area contributed by atoms with Gasteiger partial charge in [0.25, 0.3) is 5.91 Å². The molecule has 1 aliphatic rings. The predicted molar refractivity (Wildman–Crippen MR) is 115 cm³/mol. The quantitative estimate of drug-likeness (QED) is 0.563. The number of aromatic nitrogens is 6. The Bertz CT molecular complexity index is 1210. The molecule has 0 aromatic carbocycles. The molecule has 1 fully saturated rings. The molecule has 0 bridgehead atoms. The van der Waals surface area contributed by atoms with Gasteiger partial charge in [0.2, 0.25) is 0 Å². The summed E-state index contributed by atoms with van der Waals surface area (Å²) in [5.41, 5.74) is 2.85. The van der Waals surface area contributed by atoms with Crippen molar-refractivity contribution in [2.75, 3.05) is 18.0 Å². The number of aromatic amines is 1. The second kappa shape index (κ2) is 8.44. The highest BCUT2D eigenvalue weighted by Crippen LogP contribution is 2.36. The zero-order chi connectivity index (χ0) is 24.7. The number of rotatable bonds is 6. The van der Waals surface area contributed by atoms with E-state index in [0.29, 0.717) is 18.9 Å². The Hall–Kier alpha value is -3.95. The minimum Gasteiger partial charge on any atom is -0.350 e. The summed E-state index contributed by atoms with van der Waals surface area (Å²) < 4.78 is 39.7. The van der Waals surface area contributed by atoms with Gasteiger partial charge in [-0.1, -0.05) is 0 Å². The van der Waals surface area contributed by atoms with E-state index in [2.05, 4.69) is 31.3 Å². The minimum absolute atomic E-state index is 0.216. The normalized spacial score (nSPS) is 16.0. The van der Waals surface area contributed by atoms with Gasteiger partial charge in [-0.2, -0.15) is 28.6 Å². The van der Waals surface area contributed by atoms with E-state index in [0.717, 1.165) is 35.6 Å². The SMILES string of the molecule is Cc1n[nH]c(C)c1-c1cnn(C2(CC#N)CN(c3cnc(C(=O)NC(C)C(F)(F)F)cn3)C2)c1. The Kier molecular flexibility index (Phi) is 5.76. The van der Waals surface area contributed by atoms with Gasteiger partial charge in [0.1, 0.15) is 23.1 Å². The van der Waals surface area contributed by atoms with Gasteiger partial charge in [0.15, 0.2) is 0 Å². The van der Waals surface area contributed by atoms with Crippen LogP contribution in [0.4, 0.5) is 19.0 Å². The molecule has 4 heterocycles. The van der Waals surface area contributed by atoms with Gasteiger partial charge in [-0.05, 0) is 20.8 Å². The zero-order valence-corrected chi connectivity index (χ0v) is 18.7.